The number of rotatable bonds is 10. The van der Waals surface area contributed by atoms with Gasteiger partial charge >= 0.3 is 19.9 Å². The van der Waals surface area contributed by atoms with Crippen molar-refractivity contribution in [3.05, 3.63) is 95.6 Å². The Labute approximate surface area is 201 Å². The fraction of sp³-hybridized carbons (Fsp3) is 0.200. The lowest BCUT2D eigenvalue weighted by Gasteiger charge is -2.18. The number of benzene rings is 3. The first-order chi connectivity index (χ1) is 16.8. The molecule has 0 heterocycles. The Morgan fingerprint density at radius 3 is 2.06 bits per heavy atom. The van der Waals surface area contributed by atoms with Crippen LogP contribution in [-0.4, -0.2) is 41.3 Å². The zero-order valence-electron chi connectivity index (χ0n) is 18.6. The maximum atomic E-state index is 12.4. The zero-order valence-corrected chi connectivity index (χ0v) is 19.5. The summed E-state index contributed by atoms with van der Waals surface area (Å²) in [6.07, 6.45) is -0.985. The highest BCUT2D eigenvalue weighted by molar-refractivity contribution is 7.47. The summed E-state index contributed by atoms with van der Waals surface area (Å²) in [6.45, 7) is -1.00. The summed E-state index contributed by atoms with van der Waals surface area (Å²) in [6, 6.07) is 22.6. The molecule has 0 radical (unpaired) electrons. The monoisotopic (exact) mass is 497 g/mol. The molecule has 1 aliphatic carbocycles. The second kappa shape index (κ2) is 10.8. The van der Waals surface area contributed by atoms with Gasteiger partial charge in [-0.05, 0) is 27.8 Å². The summed E-state index contributed by atoms with van der Waals surface area (Å²) >= 11 is 0. The molecule has 3 N–H and O–H groups in total. The minimum Gasteiger partial charge on any atom is -0.480 e. The Bertz CT molecular complexity index is 1200. The number of alkyl carbamates (subject to hydrolysis) is 1. The molecule has 0 spiro atoms. The van der Waals surface area contributed by atoms with Crippen LogP contribution in [0.4, 0.5) is 4.79 Å². The molecule has 2 unspecified atom stereocenters. The van der Waals surface area contributed by atoms with E-state index in [2.05, 4.69) is 5.32 Å². The first-order valence-corrected chi connectivity index (χ1v) is 12.3. The van der Waals surface area contributed by atoms with Crippen LogP contribution in [-0.2, 0) is 29.8 Å². The second-order valence-corrected chi connectivity index (χ2v) is 9.34. The number of hydrogen-bond acceptors (Lipinski definition) is 6. The molecule has 4 rings (SSSR count). The summed E-state index contributed by atoms with van der Waals surface area (Å²) in [5.74, 6) is -1.65. The van der Waals surface area contributed by atoms with Crippen LogP contribution in [0.25, 0.3) is 11.1 Å². The second-order valence-electron chi connectivity index (χ2n) is 7.88. The Kier molecular flexibility index (Phi) is 7.63. The molecule has 3 aromatic rings. The predicted molar refractivity (Wildman–Crippen MR) is 127 cm³/mol. The highest BCUT2D eigenvalue weighted by atomic mass is 31.2. The van der Waals surface area contributed by atoms with Gasteiger partial charge in [-0.3, -0.25) is 9.05 Å². The number of aliphatic carboxylic acids is 1. The molecular formula is C25H24NO8P. The van der Waals surface area contributed by atoms with E-state index in [0.29, 0.717) is 5.56 Å². The van der Waals surface area contributed by atoms with Crippen molar-refractivity contribution in [2.75, 3.05) is 13.2 Å². The lowest BCUT2D eigenvalue weighted by molar-refractivity contribution is -0.140. The summed E-state index contributed by atoms with van der Waals surface area (Å²) in [5, 5.41) is 11.6. The van der Waals surface area contributed by atoms with Crippen molar-refractivity contribution in [1.82, 2.24) is 5.32 Å². The number of ether oxygens (including phenoxy) is 1. The molecule has 1 amide bonds. The minimum absolute atomic E-state index is 0.00820. The lowest BCUT2D eigenvalue weighted by Crippen LogP contribution is -2.44. The van der Waals surface area contributed by atoms with E-state index < -0.39 is 32.5 Å². The van der Waals surface area contributed by atoms with E-state index in [-0.39, 0.29) is 19.1 Å². The van der Waals surface area contributed by atoms with Crippen molar-refractivity contribution in [2.45, 2.75) is 18.6 Å². The molecule has 182 valence electrons. The molecule has 35 heavy (non-hydrogen) atoms. The normalized spacial score (nSPS) is 14.9. The van der Waals surface area contributed by atoms with E-state index in [1.54, 1.807) is 30.3 Å². The molecule has 3 aromatic carbocycles. The highest BCUT2D eigenvalue weighted by Crippen LogP contribution is 2.45. The van der Waals surface area contributed by atoms with Crippen LogP contribution in [0.1, 0.15) is 22.6 Å². The Morgan fingerprint density at radius 2 is 1.46 bits per heavy atom. The Morgan fingerprint density at radius 1 is 0.886 bits per heavy atom. The summed E-state index contributed by atoms with van der Waals surface area (Å²) in [4.78, 5) is 33.8. The van der Waals surface area contributed by atoms with Crippen LogP contribution in [0.15, 0.2) is 78.9 Å². The van der Waals surface area contributed by atoms with Crippen LogP contribution in [0.5, 0.6) is 0 Å². The van der Waals surface area contributed by atoms with E-state index in [0.717, 1.165) is 22.3 Å². The van der Waals surface area contributed by atoms with Gasteiger partial charge in [-0.25, -0.2) is 14.2 Å². The number of carboxylic acids is 1. The standard InChI is InChI=1S/C25H24NO8P/c27-24(28)23(16-34-35(30,31)33-14-17-8-2-1-3-9-17)26-25(29)32-15-22-20-12-6-4-10-18(20)19-11-5-7-13-21(19)22/h1-13,22-23H,14-16H2,(H,26,29)(H,27,28)(H,30,31). The number of carbonyl (C=O) groups is 2. The Hall–Kier alpha value is -3.49. The van der Waals surface area contributed by atoms with Gasteiger partial charge in [-0.15, -0.1) is 0 Å². The van der Waals surface area contributed by atoms with Gasteiger partial charge in [0.25, 0.3) is 0 Å². The summed E-state index contributed by atoms with van der Waals surface area (Å²) in [5.41, 5.74) is 4.77. The molecule has 10 heteroatoms. The van der Waals surface area contributed by atoms with Crippen molar-refractivity contribution in [1.29, 1.82) is 0 Å². The highest BCUT2D eigenvalue weighted by Gasteiger charge is 2.31. The average Bonchev–Trinajstić information content (AvgIpc) is 3.18. The number of phosphoric ester groups is 1. The quantitative estimate of drug-likeness (QED) is 0.353. The van der Waals surface area contributed by atoms with Crippen molar-refractivity contribution < 1.29 is 37.9 Å². The number of carboxylic acid groups (broad SMARTS) is 1. The molecule has 9 nitrogen and oxygen atoms in total. The van der Waals surface area contributed by atoms with Crippen LogP contribution < -0.4 is 5.32 Å². The third-order valence-electron chi connectivity index (χ3n) is 5.58. The van der Waals surface area contributed by atoms with Crippen molar-refractivity contribution >= 4 is 19.9 Å². The van der Waals surface area contributed by atoms with Gasteiger partial charge in [0.2, 0.25) is 0 Å². The van der Waals surface area contributed by atoms with Crippen molar-refractivity contribution in [3.8, 4) is 11.1 Å². The summed E-state index contributed by atoms with van der Waals surface area (Å²) in [7, 11) is -4.56. The van der Waals surface area contributed by atoms with Crippen LogP contribution in [0.2, 0.25) is 0 Å². The maximum absolute atomic E-state index is 12.4. The third kappa shape index (κ3) is 6.15. The van der Waals surface area contributed by atoms with E-state index in [9.17, 15) is 24.2 Å². The SMILES string of the molecule is O=C(NC(COP(=O)(O)OCc1ccccc1)C(=O)O)OCC1c2ccccc2-c2ccccc21. The maximum Gasteiger partial charge on any atom is 0.472 e. The molecular weight excluding hydrogens is 473 g/mol. The molecule has 0 saturated heterocycles. The van der Waals surface area contributed by atoms with Crippen LogP contribution in [0.3, 0.4) is 0 Å². The van der Waals surface area contributed by atoms with Gasteiger partial charge in [-0.1, -0.05) is 78.9 Å². The van der Waals surface area contributed by atoms with Gasteiger partial charge < -0.3 is 20.1 Å². The van der Waals surface area contributed by atoms with Crippen molar-refractivity contribution in [3.63, 3.8) is 0 Å². The third-order valence-corrected chi connectivity index (χ3v) is 6.51. The molecule has 0 aromatic heterocycles. The van der Waals surface area contributed by atoms with E-state index in [1.807, 2.05) is 48.5 Å². The fourth-order valence-corrected chi connectivity index (χ4v) is 4.62. The van der Waals surface area contributed by atoms with Gasteiger partial charge in [-0.2, -0.15) is 0 Å². The average molecular weight is 497 g/mol. The van der Waals surface area contributed by atoms with Crippen LogP contribution in [0, 0.1) is 0 Å². The molecule has 0 aliphatic heterocycles. The number of amides is 1. The van der Waals surface area contributed by atoms with Crippen LogP contribution >= 0.6 is 7.82 Å². The van der Waals surface area contributed by atoms with Crippen molar-refractivity contribution in [2.24, 2.45) is 0 Å². The first kappa shape index (κ1) is 24.6. The topological polar surface area (TPSA) is 131 Å². The number of nitrogens with one attached hydrogen (secondary N) is 1. The number of fused-ring (bicyclic) bond motifs is 3. The zero-order chi connectivity index (χ0) is 24.8. The molecule has 2 atom stereocenters. The number of hydrogen-bond donors (Lipinski definition) is 3. The fourth-order valence-electron chi connectivity index (χ4n) is 3.89. The number of phosphoric acid groups is 1. The minimum atomic E-state index is -4.56. The molecule has 0 fully saturated rings. The van der Waals surface area contributed by atoms with E-state index in [4.69, 9.17) is 13.8 Å². The van der Waals surface area contributed by atoms with Gasteiger partial charge in [0.15, 0.2) is 6.04 Å². The first-order valence-electron chi connectivity index (χ1n) is 10.8. The summed E-state index contributed by atoms with van der Waals surface area (Å²) < 4.78 is 27.1. The van der Waals surface area contributed by atoms with E-state index >= 15 is 0 Å². The van der Waals surface area contributed by atoms with Gasteiger partial charge in [0.1, 0.15) is 6.61 Å². The number of carbonyl (C=O) groups excluding carboxylic acids is 1. The largest absolute Gasteiger partial charge is 0.480 e. The predicted octanol–water partition coefficient (Wildman–Crippen LogP) is 4.31. The van der Waals surface area contributed by atoms with Gasteiger partial charge in [0, 0.05) is 5.92 Å². The smallest absolute Gasteiger partial charge is 0.472 e. The molecule has 1 aliphatic rings. The van der Waals surface area contributed by atoms with E-state index in [1.165, 1.54) is 0 Å². The lowest BCUT2D eigenvalue weighted by atomic mass is 9.98. The molecule has 0 bridgehead atoms. The molecule has 0 saturated carbocycles. The van der Waals surface area contributed by atoms with Gasteiger partial charge in [0.05, 0.1) is 13.2 Å². The Balaban J connectivity index is 1.31.